The number of amidine groups is 1. The number of methoxy groups -OCH3 is 1. The molecular formula is C33H25ClN2O7S. The molecule has 4 aromatic rings. The predicted octanol–water partition coefficient (Wildman–Crippen LogP) is 7.13. The Balaban J connectivity index is 1.41. The Labute approximate surface area is 262 Å². The van der Waals surface area contributed by atoms with Gasteiger partial charge in [0, 0.05) is 0 Å². The van der Waals surface area contributed by atoms with Gasteiger partial charge in [-0.15, -0.1) is 0 Å². The number of para-hydroxylation sites is 1. The Kier molecular flexibility index (Phi) is 9.32. The highest BCUT2D eigenvalue weighted by Gasteiger charge is 2.33. The van der Waals surface area contributed by atoms with E-state index in [0.29, 0.717) is 32.8 Å². The van der Waals surface area contributed by atoms with E-state index in [4.69, 9.17) is 31.2 Å². The topological polar surface area (TPSA) is 126 Å². The van der Waals surface area contributed by atoms with E-state index >= 15 is 0 Å². The van der Waals surface area contributed by atoms with Crippen LogP contribution in [-0.4, -0.2) is 45.2 Å². The van der Waals surface area contributed by atoms with Crippen LogP contribution in [0.5, 0.6) is 11.5 Å². The van der Waals surface area contributed by atoms with Crippen molar-refractivity contribution in [3.05, 3.63) is 129 Å². The summed E-state index contributed by atoms with van der Waals surface area (Å²) < 4.78 is 11.5. The smallest absolute Gasteiger partial charge is 0.335 e. The number of carbonyl (C=O) groups is 3. The van der Waals surface area contributed by atoms with E-state index in [2.05, 4.69) is 0 Å². The van der Waals surface area contributed by atoms with Gasteiger partial charge in [-0.2, -0.15) is 0 Å². The number of carbonyl (C=O) groups excluding carboxylic acids is 1. The highest BCUT2D eigenvalue weighted by Crippen LogP contribution is 2.40. The number of hydrogen-bond acceptors (Lipinski definition) is 7. The third kappa shape index (κ3) is 7.11. The summed E-state index contributed by atoms with van der Waals surface area (Å²) in [5.41, 5.74) is 3.10. The number of aromatic carboxylic acids is 2. The van der Waals surface area contributed by atoms with Crippen LogP contribution in [0.25, 0.3) is 6.08 Å². The van der Waals surface area contributed by atoms with E-state index in [-0.39, 0.29) is 35.2 Å². The number of halogens is 1. The fourth-order valence-electron chi connectivity index (χ4n) is 4.29. The van der Waals surface area contributed by atoms with Crippen LogP contribution in [0, 0.1) is 0 Å². The average molecular weight is 629 g/mol. The summed E-state index contributed by atoms with van der Waals surface area (Å²) in [6, 6.07) is 25.3. The molecule has 1 aliphatic heterocycles. The monoisotopic (exact) mass is 628 g/mol. The Hall–Kier alpha value is -5.06. The van der Waals surface area contributed by atoms with Gasteiger partial charge in [0.05, 0.1) is 40.4 Å². The molecule has 0 spiro atoms. The highest BCUT2D eigenvalue weighted by molar-refractivity contribution is 8.18. The van der Waals surface area contributed by atoms with Gasteiger partial charge in [0.2, 0.25) is 0 Å². The summed E-state index contributed by atoms with van der Waals surface area (Å²) in [5.74, 6) is -1.65. The summed E-state index contributed by atoms with van der Waals surface area (Å²) in [6.07, 6.45) is 1.70. The highest BCUT2D eigenvalue weighted by atomic mass is 35.5. The van der Waals surface area contributed by atoms with Crippen LogP contribution in [0.4, 0.5) is 5.69 Å². The molecule has 1 amide bonds. The van der Waals surface area contributed by atoms with Gasteiger partial charge in [-0.3, -0.25) is 9.69 Å². The van der Waals surface area contributed by atoms with Gasteiger partial charge in [-0.05, 0) is 83.1 Å². The first-order chi connectivity index (χ1) is 21.2. The number of benzene rings is 4. The van der Waals surface area contributed by atoms with Crippen molar-refractivity contribution in [3.63, 3.8) is 0 Å². The Morgan fingerprint density at radius 3 is 2.11 bits per heavy atom. The number of carboxylic acid groups (broad SMARTS) is 2. The molecule has 0 unspecified atom stereocenters. The Bertz CT molecular complexity index is 1770. The Morgan fingerprint density at radius 2 is 1.52 bits per heavy atom. The third-order valence-electron chi connectivity index (χ3n) is 6.54. The maximum absolute atomic E-state index is 13.7. The Morgan fingerprint density at radius 1 is 0.909 bits per heavy atom. The van der Waals surface area contributed by atoms with Crippen LogP contribution in [-0.2, 0) is 17.9 Å². The lowest BCUT2D eigenvalue weighted by molar-refractivity contribution is -0.122. The molecule has 0 aromatic heterocycles. The minimum atomic E-state index is -1.03. The molecule has 4 aromatic carbocycles. The number of thioether (sulfide) groups is 1. The van der Waals surface area contributed by atoms with E-state index in [1.165, 1.54) is 43.1 Å². The van der Waals surface area contributed by atoms with Crippen LogP contribution >= 0.6 is 23.4 Å². The molecule has 9 nitrogen and oxygen atoms in total. The van der Waals surface area contributed by atoms with Crippen LogP contribution < -0.4 is 9.47 Å². The fourth-order valence-corrected chi connectivity index (χ4v) is 5.56. The summed E-state index contributed by atoms with van der Waals surface area (Å²) in [5, 5.41) is 19.1. The number of aliphatic imine (C=N–C) groups is 1. The summed E-state index contributed by atoms with van der Waals surface area (Å²) in [7, 11) is 1.48. The number of nitrogens with zero attached hydrogens (tertiary/aromatic N) is 2. The lowest BCUT2D eigenvalue weighted by Crippen LogP contribution is -2.28. The predicted molar refractivity (Wildman–Crippen MR) is 169 cm³/mol. The third-order valence-corrected chi connectivity index (χ3v) is 7.83. The van der Waals surface area contributed by atoms with Crippen molar-refractivity contribution in [2.75, 3.05) is 7.11 Å². The van der Waals surface area contributed by atoms with Crippen molar-refractivity contribution in [2.24, 2.45) is 4.99 Å². The van der Waals surface area contributed by atoms with Gasteiger partial charge in [0.1, 0.15) is 6.61 Å². The number of carboxylic acids is 2. The van der Waals surface area contributed by atoms with Gasteiger partial charge in [-0.1, -0.05) is 54.1 Å². The largest absolute Gasteiger partial charge is 0.493 e. The van der Waals surface area contributed by atoms with E-state index in [9.17, 15) is 19.5 Å². The van der Waals surface area contributed by atoms with Crippen LogP contribution in [0.2, 0.25) is 5.02 Å². The molecule has 0 bridgehead atoms. The van der Waals surface area contributed by atoms with Crippen LogP contribution in [0.15, 0.2) is 101 Å². The van der Waals surface area contributed by atoms with Gasteiger partial charge in [-0.25, -0.2) is 14.6 Å². The quantitative estimate of drug-likeness (QED) is 0.178. The molecule has 11 heteroatoms. The van der Waals surface area contributed by atoms with E-state index in [1.807, 2.05) is 30.3 Å². The molecule has 222 valence electrons. The molecule has 0 atom stereocenters. The molecule has 5 rings (SSSR count). The number of rotatable bonds is 10. The van der Waals surface area contributed by atoms with Crippen molar-refractivity contribution in [3.8, 4) is 11.5 Å². The van der Waals surface area contributed by atoms with E-state index < -0.39 is 11.9 Å². The molecule has 1 aliphatic rings. The zero-order valence-corrected chi connectivity index (χ0v) is 24.8. The lowest BCUT2D eigenvalue weighted by Gasteiger charge is -2.16. The zero-order valence-electron chi connectivity index (χ0n) is 23.3. The summed E-state index contributed by atoms with van der Waals surface area (Å²) in [6.45, 7) is 0.325. The van der Waals surface area contributed by atoms with E-state index in [0.717, 1.165) is 11.1 Å². The first-order valence-corrected chi connectivity index (χ1v) is 14.4. The second-order valence-corrected chi connectivity index (χ2v) is 11.0. The maximum atomic E-state index is 13.7. The average Bonchev–Trinajstić information content (AvgIpc) is 3.29. The number of hydrogen-bond donors (Lipinski definition) is 2. The van der Waals surface area contributed by atoms with Crippen LogP contribution in [0.1, 0.15) is 37.4 Å². The summed E-state index contributed by atoms with van der Waals surface area (Å²) >= 11 is 7.81. The molecule has 1 fully saturated rings. The first-order valence-electron chi connectivity index (χ1n) is 13.2. The molecule has 0 radical (unpaired) electrons. The van der Waals surface area contributed by atoms with Crippen molar-refractivity contribution in [1.82, 2.24) is 4.90 Å². The van der Waals surface area contributed by atoms with Gasteiger partial charge >= 0.3 is 11.9 Å². The molecule has 0 aliphatic carbocycles. The number of ether oxygens (including phenoxy) is 2. The SMILES string of the molecule is COc1cc(/C=C2\SC(=Nc3ccccc3)N(Cc3ccc(C(=O)O)cc3)C2=O)cc(Cl)c1OCc1ccc(C(=O)O)cc1. The number of amides is 1. The normalized spacial score (nSPS) is 14.7. The lowest BCUT2D eigenvalue weighted by atomic mass is 10.1. The molecular weight excluding hydrogens is 604 g/mol. The molecule has 44 heavy (non-hydrogen) atoms. The fraction of sp³-hybridized carbons (Fsp3) is 0.0909. The maximum Gasteiger partial charge on any atom is 0.335 e. The van der Waals surface area contributed by atoms with Crippen molar-refractivity contribution in [1.29, 1.82) is 0 Å². The van der Waals surface area contributed by atoms with Crippen LogP contribution in [0.3, 0.4) is 0 Å². The van der Waals surface area contributed by atoms with E-state index in [1.54, 1.807) is 47.4 Å². The van der Waals surface area contributed by atoms with Gasteiger partial charge < -0.3 is 19.7 Å². The summed E-state index contributed by atoms with van der Waals surface area (Å²) in [4.78, 5) is 42.7. The van der Waals surface area contributed by atoms with Crippen molar-refractivity contribution >= 4 is 58.1 Å². The standard InChI is InChI=1S/C33H25ClN2O7S/c1-42-27-16-22(15-26(34)29(27)43-19-21-9-13-24(14-10-21)32(40)41)17-28-30(37)36(18-20-7-11-23(12-8-20)31(38)39)33(44-28)35-25-5-3-2-4-6-25/h2-17H,18-19H2,1H3,(H,38,39)(H,40,41)/b28-17-,35-33?. The second-order valence-electron chi connectivity index (χ2n) is 9.56. The minimum absolute atomic E-state index is 0.131. The zero-order chi connectivity index (χ0) is 31.2. The van der Waals surface area contributed by atoms with Gasteiger partial charge in [0.15, 0.2) is 16.7 Å². The molecule has 1 heterocycles. The molecule has 1 saturated heterocycles. The first kappa shape index (κ1) is 30.4. The minimum Gasteiger partial charge on any atom is -0.493 e. The van der Waals surface area contributed by atoms with Gasteiger partial charge in [0.25, 0.3) is 5.91 Å². The van der Waals surface area contributed by atoms with Crippen molar-refractivity contribution in [2.45, 2.75) is 13.2 Å². The molecule has 2 N–H and O–H groups in total. The second kappa shape index (κ2) is 13.5. The van der Waals surface area contributed by atoms with Crippen molar-refractivity contribution < 1.29 is 34.1 Å². The molecule has 0 saturated carbocycles.